The Morgan fingerprint density at radius 2 is 2.00 bits per heavy atom. The van der Waals surface area contributed by atoms with Crippen molar-refractivity contribution in [3.63, 3.8) is 0 Å². The number of amides is 1. The number of pyridine rings is 1. The fraction of sp³-hybridized carbons (Fsp3) is 0.158. The van der Waals surface area contributed by atoms with Gasteiger partial charge in [0.25, 0.3) is 0 Å². The summed E-state index contributed by atoms with van der Waals surface area (Å²) in [6.45, 7) is 1.99. The Labute approximate surface area is 187 Å². The number of benzene rings is 1. The minimum absolute atomic E-state index is 0.0836. The number of anilines is 1. The standard InChI is InChI=1S/C19H13ClF3N5OS2/c1-10-2-4-11(5-3-10)14-8-30-17(24-14)25-15(29)9-31-18-27-26-16-13(20)6-12(7-28(16)18)19(21,22)23/h2-8H,9H2,1H3,(H,24,25,29). The number of aromatic nitrogens is 4. The fourth-order valence-corrected chi connectivity index (χ4v) is 4.35. The third-order valence-electron chi connectivity index (χ3n) is 4.19. The Bertz CT molecular complexity index is 1250. The topological polar surface area (TPSA) is 72.2 Å². The van der Waals surface area contributed by atoms with E-state index in [1.165, 1.54) is 11.3 Å². The molecule has 0 fully saturated rings. The second-order valence-corrected chi connectivity index (χ2v) is 8.70. The van der Waals surface area contributed by atoms with Gasteiger partial charge < -0.3 is 5.32 Å². The highest BCUT2D eigenvalue weighted by Crippen LogP contribution is 2.33. The summed E-state index contributed by atoms with van der Waals surface area (Å²) >= 11 is 8.12. The van der Waals surface area contributed by atoms with Crippen LogP contribution in [0.2, 0.25) is 5.02 Å². The van der Waals surface area contributed by atoms with E-state index in [1.807, 2.05) is 36.6 Å². The number of hydrogen-bond donors (Lipinski definition) is 1. The van der Waals surface area contributed by atoms with Crippen LogP contribution in [0.1, 0.15) is 11.1 Å². The maximum atomic E-state index is 13.0. The normalized spacial score (nSPS) is 11.8. The van der Waals surface area contributed by atoms with Gasteiger partial charge in [0.1, 0.15) is 0 Å². The summed E-state index contributed by atoms with van der Waals surface area (Å²) in [6.07, 6.45) is -3.71. The maximum Gasteiger partial charge on any atom is 0.417 e. The van der Waals surface area contributed by atoms with Gasteiger partial charge >= 0.3 is 6.18 Å². The molecular weight excluding hydrogens is 471 g/mol. The Morgan fingerprint density at radius 3 is 2.71 bits per heavy atom. The predicted molar refractivity (Wildman–Crippen MR) is 115 cm³/mol. The zero-order valence-electron chi connectivity index (χ0n) is 15.8. The van der Waals surface area contributed by atoms with Crippen molar-refractivity contribution in [3.05, 3.63) is 58.1 Å². The lowest BCUT2D eigenvalue weighted by molar-refractivity contribution is -0.137. The summed E-state index contributed by atoms with van der Waals surface area (Å²) in [6, 6.07) is 8.64. The van der Waals surface area contributed by atoms with E-state index in [1.54, 1.807) is 0 Å². The first kappa shape index (κ1) is 21.6. The van der Waals surface area contributed by atoms with Gasteiger partial charge in [-0.3, -0.25) is 9.20 Å². The van der Waals surface area contributed by atoms with E-state index >= 15 is 0 Å². The highest BCUT2D eigenvalue weighted by atomic mass is 35.5. The van der Waals surface area contributed by atoms with Gasteiger partial charge in [-0.1, -0.05) is 53.2 Å². The summed E-state index contributed by atoms with van der Waals surface area (Å²) in [5.41, 5.74) is 1.96. The quantitative estimate of drug-likeness (QED) is 0.376. The van der Waals surface area contributed by atoms with Crippen LogP contribution in [0.3, 0.4) is 0 Å². The third kappa shape index (κ3) is 4.83. The number of carbonyl (C=O) groups excluding carboxylic acids is 1. The summed E-state index contributed by atoms with van der Waals surface area (Å²) in [4.78, 5) is 16.7. The largest absolute Gasteiger partial charge is 0.417 e. The first-order valence-corrected chi connectivity index (χ1v) is 11.0. The lowest BCUT2D eigenvalue weighted by Gasteiger charge is -2.08. The highest BCUT2D eigenvalue weighted by Gasteiger charge is 2.32. The molecule has 4 aromatic rings. The van der Waals surface area contributed by atoms with E-state index in [9.17, 15) is 18.0 Å². The van der Waals surface area contributed by atoms with E-state index in [2.05, 4.69) is 20.5 Å². The van der Waals surface area contributed by atoms with E-state index in [4.69, 9.17) is 11.6 Å². The van der Waals surface area contributed by atoms with Crippen LogP contribution in [0.5, 0.6) is 0 Å². The minimum atomic E-state index is -4.57. The second kappa shape index (κ2) is 8.48. The van der Waals surface area contributed by atoms with Crippen LogP contribution >= 0.6 is 34.7 Å². The molecule has 3 aromatic heterocycles. The van der Waals surface area contributed by atoms with Crippen LogP contribution in [-0.2, 0) is 11.0 Å². The molecule has 0 aliphatic rings. The number of thiazole rings is 1. The molecule has 1 amide bonds. The van der Waals surface area contributed by atoms with Gasteiger partial charge in [-0.15, -0.1) is 21.5 Å². The number of thioether (sulfide) groups is 1. The number of halogens is 4. The first-order valence-electron chi connectivity index (χ1n) is 8.77. The summed E-state index contributed by atoms with van der Waals surface area (Å²) in [5, 5.41) is 12.5. The average Bonchev–Trinajstić information content (AvgIpc) is 3.33. The SMILES string of the molecule is Cc1ccc(-c2csc(NC(=O)CSc3nnc4c(Cl)cc(C(F)(F)F)cn34)n2)cc1. The van der Waals surface area contributed by atoms with E-state index in [0.717, 1.165) is 45.2 Å². The zero-order valence-corrected chi connectivity index (χ0v) is 18.2. The number of rotatable bonds is 5. The number of alkyl halides is 3. The van der Waals surface area contributed by atoms with Crippen LogP contribution < -0.4 is 5.32 Å². The molecule has 0 saturated heterocycles. The van der Waals surface area contributed by atoms with E-state index in [0.29, 0.717) is 5.13 Å². The second-order valence-electron chi connectivity index (χ2n) is 6.49. The molecule has 4 rings (SSSR count). The van der Waals surface area contributed by atoms with Crippen molar-refractivity contribution in [2.45, 2.75) is 18.3 Å². The molecule has 160 valence electrons. The lowest BCUT2D eigenvalue weighted by atomic mass is 10.1. The van der Waals surface area contributed by atoms with Gasteiger partial charge in [-0.05, 0) is 13.0 Å². The van der Waals surface area contributed by atoms with Gasteiger partial charge in [0.15, 0.2) is 15.9 Å². The van der Waals surface area contributed by atoms with Crippen molar-refractivity contribution in [1.82, 2.24) is 19.6 Å². The molecule has 31 heavy (non-hydrogen) atoms. The molecule has 0 aliphatic heterocycles. The molecule has 0 saturated carbocycles. The summed E-state index contributed by atoms with van der Waals surface area (Å²) in [7, 11) is 0. The van der Waals surface area contributed by atoms with Gasteiger partial charge in [0, 0.05) is 17.1 Å². The van der Waals surface area contributed by atoms with Gasteiger partial charge in [0.2, 0.25) is 5.91 Å². The van der Waals surface area contributed by atoms with Crippen molar-refractivity contribution < 1.29 is 18.0 Å². The number of carbonyl (C=O) groups is 1. The number of nitrogens with zero attached hydrogens (tertiary/aromatic N) is 4. The summed E-state index contributed by atoms with van der Waals surface area (Å²) in [5.74, 6) is -0.460. The molecule has 0 radical (unpaired) electrons. The van der Waals surface area contributed by atoms with Crippen LogP contribution in [0.4, 0.5) is 18.3 Å². The Hall–Kier alpha value is -2.63. The molecule has 0 unspecified atom stereocenters. The molecule has 0 atom stereocenters. The van der Waals surface area contributed by atoms with Crippen LogP contribution in [-0.4, -0.2) is 31.2 Å². The van der Waals surface area contributed by atoms with E-state index in [-0.39, 0.29) is 27.5 Å². The Kier molecular flexibility index (Phi) is 5.91. The molecule has 1 aromatic carbocycles. The van der Waals surface area contributed by atoms with Crippen molar-refractivity contribution in [2.24, 2.45) is 0 Å². The lowest BCUT2D eigenvalue weighted by Crippen LogP contribution is -2.14. The van der Waals surface area contributed by atoms with Crippen LogP contribution in [0.15, 0.2) is 47.1 Å². The fourth-order valence-electron chi connectivity index (χ4n) is 2.66. The Morgan fingerprint density at radius 1 is 1.26 bits per heavy atom. The summed E-state index contributed by atoms with van der Waals surface area (Å²) < 4.78 is 40.3. The minimum Gasteiger partial charge on any atom is -0.301 e. The molecule has 12 heteroatoms. The van der Waals surface area contributed by atoms with Gasteiger partial charge in [0.05, 0.1) is 22.0 Å². The maximum absolute atomic E-state index is 13.0. The molecule has 6 nitrogen and oxygen atoms in total. The number of hydrogen-bond acceptors (Lipinski definition) is 6. The van der Waals surface area contributed by atoms with Gasteiger partial charge in [-0.2, -0.15) is 13.2 Å². The van der Waals surface area contributed by atoms with Crippen molar-refractivity contribution in [1.29, 1.82) is 0 Å². The molecule has 1 N–H and O–H groups in total. The predicted octanol–water partition coefficient (Wildman–Crippen LogP) is 5.56. The van der Waals surface area contributed by atoms with Crippen LogP contribution in [0.25, 0.3) is 16.9 Å². The average molecular weight is 484 g/mol. The van der Waals surface area contributed by atoms with E-state index < -0.39 is 11.7 Å². The Balaban J connectivity index is 1.44. The number of fused-ring (bicyclic) bond motifs is 1. The zero-order chi connectivity index (χ0) is 22.2. The molecule has 0 spiro atoms. The van der Waals surface area contributed by atoms with Crippen molar-refractivity contribution >= 4 is 51.4 Å². The smallest absolute Gasteiger partial charge is 0.301 e. The van der Waals surface area contributed by atoms with Crippen molar-refractivity contribution in [2.75, 3.05) is 11.1 Å². The molecule has 0 aliphatic carbocycles. The molecular formula is C19H13ClF3N5OS2. The monoisotopic (exact) mass is 483 g/mol. The molecule has 3 heterocycles. The number of nitrogens with one attached hydrogen (secondary N) is 1. The van der Waals surface area contributed by atoms with Crippen molar-refractivity contribution in [3.8, 4) is 11.3 Å². The van der Waals surface area contributed by atoms with Crippen LogP contribution in [0, 0.1) is 6.92 Å². The highest BCUT2D eigenvalue weighted by molar-refractivity contribution is 7.99. The first-order chi connectivity index (χ1) is 14.7. The molecule has 0 bridgehead atoms. The van der Waals surface area contributed by atoms with Gasteiger partial charge in [-0.25, -0.2) is 4.98 Å². The number of aryl methyl sites for hydroxylation is 1. The third-order valence-corrected chi connectivity index (χ3v) is 6.17.